The fourth-order valence-electron chi connectivity index (χ4n) is 2.62. The maximum atomic E-state index is 12.2. The summed E-state index contributed by atoms with van der Waals surface area (Å²) < 4.78 is 8.09. The van der Waals surface area contributed by atoms with Gasteiger partial charge < -0.3 is 14.4 Å². The largest absolute Gasteiger partial charge is 0.494 e. The third-order valence-corrected chi connectivity index (χ3v) is 3.90. The van der Waals surface area contributed by atoms with Crippen molar-refractivity contribution in [3.8, 4) is 5.75 Å². The zero-order valence-corrected chi connectivity index (χ0v) is 15.0. The van der Waals surface area contributed by atoms with Crippen molar-refractivity contribution in [2.75, 3.05) is 18.6 Å². The first-order valence-corrected chi connectivity index (χ1v) is 8.37. The van der Waals surface area contributed by atoms with E-state index in [-0.39, 0.29) is 30.3 Å². The van der Waals surface area contributed by atoms with Crippen molar-refractivity contribution in [1.29, 1.82) is 0 Å². The zero-order valence-electron chi connectivity index (χ0n) is 15.0. The van der Waals surface area contributed by atoms with Gasteiger partial charge in [0.2, 0.25) is 5.95 Å². The lowest BCUT2D eigenvalue weighted by molar-refractivity contribution is 0.278. The van der Waals surface area contributed by atoms with Crippen LogP contribution in [0, 0.1) is 0 Å². The fraction of sp³-hybridized carbons (Fsp3) is 0.294. The number of aromatic nitrogens is 4. The van der Waals surface area contributed by atoms with Gasteiger partial charge in [-0.15, -0.1) is 0 Å². The van der Waals surface area contributed by atoms with Gasteiger partial charge in [-0.25, -0.2) is 10.2 Å². The standard InChI is InChI=1S/C17H20N6O4/c1-3-27-12-6-4-11(5-7-12)10-18-21-16-19-14-13(23(16)8-9-24)15(25)20-17(26)22(14)2/h4-7,10,24H,3,8-9H2,1-2H3,(H,19,21)(H,20,25,26)/b18-10-. The average molecular weight is 372 g/mol. The summed E-state index contributed by atoms with van der Waals surface area (Å²) >= 11 is 0. The molecular formula is C17H20N6O4. The average Bonchev–Trinajstić information content (AvgIpc) is 3.01. The summed E-state index contributed by atoms with van der Waals surface area (Å²) in [5.41, 5.74) is 2.85. The number of aromatic amines is 1. The lowest BCUT2D eigenvalue weighted by Gasteiger charge is -2.05. The lowest BCUT2D eigenvalue weighted by Crippen LogP contribution is -2.29. The molecule has 0 bridgehead atoms. The summed E-state index contributed by atoms with van der Waals surface area (Å²) in [6.07, 6.45) is 1.58. The van der Waals surface area contributed by atoms with Gasteiger partial charge >= 0.3 is 5.69 Å². The van der Waals surface area contributed by atoms with Crippen LogP contribution in [0.5, 0.6) is 5.75 Å². The number of nitrogens with one attached hydrogen (secondary N) is 2. The highest BCUT2D eigenvalue weighted by Gasteiger charge is 2.16. The van der Waals surface area contributed by atoms with Gasteiger partial charge in [-0.3, -0.25) is 14.3 Å². The molecule has 0 aliphatic carbocycles. The predicted octanol–water partition coefficient (Wildman–Crippen LogP) is 0.260. The number of anilines is 1. The summed E-state index contributed by atoms with van der Waals surface area (Å²) in [5, 5.41) is 13.4. The van der Waals surface area contributed by atoms with E-state index in [0.29, 0.717) is 6.61 Å². The van der Waals surface area contributed by atoms with Crippen molar-refractivity contribution in [3.63, 3.8) is 0 Å². The van der Waals surface area contributed by atoms with Gasteiger partial charge in [0, 0.05) is 13.6 Å². The van der Waals surface area contributed by atoms with E-state index in [0.717, 1.165) is 11.3 Å². The van der Waals surface area contributed by atoms with Crippen LogP contribution in [0.25, 0.3) is 11.2 Å². The number of benzene rings is 1. The number of aryl methyl sites for hydroxylation is 1. The van der Waals surface area contributed by atoms with Gasteiger partial charge in [0.25, 0.3) is 5.56 Å². The molecule has 0 aliphatic heterocycles. The number of hydrogen-bond acceptors (Lipinski definition) is 7. The molecule has 0 fully saturated rings. The monoisotopic (exact) mass is 372 g/mol. The number of H-pyrrole nitrogens is 1. The van der Waals surface area contributed by atoms with E-state index in [9.17, 15) is 14.7 Å². The number of imidazole rings is 1. The Kier molecular flexibility index (Phi) is 5.36. The van der Waals surface area contributed by atoms with Crippen LogP contribution in [0.4, 0.5) is 5.95 Å². The molecule has 10 nitrogen and oxygen atoms in total. The van der Waals surface area contributed by atoms with Crippen LogP contribution in [0.2, 0.25) is 0 Å². The predicted molar refractivity (Wildman–Crippen MR) is 102 cm³/mol. The Hall–Kier alpha value is -3.40. The number of nitrogens with zero attached hydrogens (tertiary/aromatic N) is 4. The zero-order chi connectivity index (χ0) is 19.4. The topological polar surface area (TPSA) is 127 Å². The SMILES string of the molecule is CCOc1ccc(/C=N\Nc2nc3c(c(=O)[nH]c(=O)n3C)n2CCO)cc1. The number of ether oxygens (including phenoxy) is 1. The van der Waals surface area contributed by atoms with Crippen molar-refractivity contribution in [2.45, 2.75) is 13.5 Å². The Bertz CT molecular complexity index is 1080. The molecule has 0 radical (unpaired) electrons. The quantitative estimate of drug-likeness (QED) is 0.403. The first kappa shape index (κ1) is 18.4. The molecule has 0 aliphatic rings. The maximum absolute atomic E-state index is 12.2. The number of rotatable bonds is 7. The second kappa shape index (κ2) is 7.87. The summed E-state index contributed by atoms with van der Waals surface area (Å²) in [6.45, 7) is 2.43. The highest BCUT2D eigenvalue weighted by atomic mass is 16.5. The summed E-state index contributed by atoms with van der Waals surface area (Å²) in [5.74, 6) is 1.01. The van der Waals surface area contributed by atoms with Gasteiger partial charge in [0.15, 0.2) is 11.2 Å². The summed E-state index contributed by atoms with van der Waals surface area (Å²) in [4.78, 5) is 30.4. The second-order valence-corrected chi connectivity index (χ2v) is 5.67. The molecule has 0 atom stereocenters. The van der Waals surface area contributed by atoms with Gasteiger partial charge in [-0.2, -0.15) is 10.1 Å². The molecule has 3 aromatic rings. The van der Waals surface area contributed by atoms with E-state index in [4.69, 9.17) is 4.74 Å². The molecule has 3 N–H and O–H groups in total. The first-order chi connectivity index (χ1) is 13.0. The Morgan fingerprint density at radius 3 is 2.74 bits per heavy atom. The third kappa shape index (κ3) is 3.75. The third-order valence-electron chi connectivity index (χ3n) is 3.90. The van der Waals surface area contributed by atoms with Gasteiger partial charge in [0.05, 0.1) is 19.4 Å². The molecule has 27 heavy (non-hydrogen) atoms. The normalized spacial score (nSPS) is 11.4. The van der Waals surface area contributed by atoms with Crippen LogP contribution >= 0.6 is 0 Å². The molecule has 0 amide bonds. The molecule has 0 spiro atoms. The van der Waals surface area contributed by atoms with Crippen molar-refractivity contribution < 1.29 is 9.84 Å². The minimum absolute atomic E-state index is 0.124. The summed E-state index contributed by atoms with van der Waals surface area (Å²) in [6, 6.07) is 7.37. The number of aliphatic hydroxyl groups excluding tert-OH is 1. The molecule has 10 heteroatoms. The molecule has 3 rings (SSSR count). The molecule has 0 saturated heterocycles. The number of hydrazone groups is 1. The van der Waals surface area contributed by atoms with Crippen LogP contribution in [0.1, 0.15) is 12.5 Å². The van der Waals surface area contributed by atoms with Crippen LogP contribution in [-0.2, 0) is 13.6 Å². The Morgan fingerprint density at radius 1 is 1.33 bits per heavy atom. The Morgan fingerprint density at radius 2 is 2.07 bits per heavy atom. The van der Waals surface area contributed by atoms with Crippen LogP contribution in [0.3, 0.4) is 0 Å². The van der Waals surface area contributed by atoms with Crippen molar-refractivity contribution >= 4 is 23.3 Å². The Balaban J connectivity index is 1.91. The van der Waals surface area contributed by atoms with E-state index in [1.807, 2.05) is 31.2 Å². The fourth-order valence-corrected chi connectivity index (χ4v) is 2.62. The highest BCUT2D eigenvalue weighted by Crippen LogP contribution is 2.15. The molecule has 142 valence electrons. The van der Waals surface area contributed by atoms with Crippen molar-refractivity contribution in [3.05, 3.63) is 50.7 Å². The number of fused-ring (bicyclic) bond motifs is 1. The second-order valence-electron chi connectivity index (χ2n) is 5.67. The highest BCUT2D eigenvalue weighted by molar-refractivity contribution is 5.80. The minimum atomic E-state index is -0.572. The van der Waals surface area contributed by atoms with Gasteiger partial charge in [-0.1, -0.05) is 0 Å². The lowest BCUT2D eigenvalue weighted by atomic mass is 10.2. The number of hydrogen-bond donors (Lipinski definition) is 3. The van der Waals surface area contributed by atoms with Crippen LogP contribution in [0.15, 0.2) is 39.0 Å². The van der Waals surface area contributed by atoms with E-state index < -0.39 is 11.2 Å². The molecule has 2 aromatic heterocycles. The summed E-state index contributed by atoms with van der Waals surface area (Å²) in [7, 11) is 1.50. The van der Waals surface area contributed by atoms with Crippen molar-refractivity contribution in [1.82, 2.24) is 19.1 Å². The van der Waals surface area contributed by atoms with E-state index in [1.165, 1.54) is 16.2 Å². The van der Waals surface area contributed by atoms with E-state index in [2.05, 4.69) is 20.5 Å². The van der Waals surface area contributed by atoms with Crippen LogP contribution < -0.4 is 21.4 Å². The molecule has 0 saturated carbocycles. The van der Waals surface area contributed by atoms with E-state index >= 15 is 0 Å². The molecule has 2 heterocycles. The number of aliphatic hydroxyl groups is 1. The smallest absolute Gasteiger partial charge is 0.329 e. The molecule has 0 unspecified atom stereocenters. The van der Waals surface area contributed by atoms with Crippen molar-refractivity contribution in [2.24, 2.45) is 12.1 Å². The molecule has 1 aromatic carbocycles. The first-order valence-electron chi connectivity index (χ1n) is 8.37. The van der Waals surface area contributed by atoms with E-state index in [1.54, 1.807) is 6.21 Å². The van der Waals surface area contributed by atoms with Crippen LogP contribution in [-0.4, -0.2) is 43.6 Å². The van der Waals surface area contributed by atoms with Gasteiger partial charge in [0.1, 0.15) is 5.75 Å². The van der Waals surface area contributed by atoms with Gasteiger partial charge in [-0.05, 0) is 36.8 Å². The Labute approximate surface area is 153 Å². The molecular weight excluding hydrogens is 352 g/mol. The maximum Gasteiger partial charge on any atom is 0.329 e. The minimum Gasteiger partial charge on any atom is -0.494 e.